The number of nitrogens with zero attached hydrogens (tertiary/aromatic N) is 2. The van der Waals surface area contributed by atoms with E-state index in [1.165, 1.54) is 10.4 Å². The van der Waals surface area contributed by atoms with E-state index in [9.17, 15) is 4.79 Å². The molecule has 0 N–H and O–H groups in total. The summed E-state index contributed by atoms with van der Waals surface area (Å²) in [6.45, 7) is 13.0. The molecule has 0 bridgehead atoms. The van der Waals surface area contributed by atoms with E-state index >= 15 is 0 Å². The van der Waals surface area contributed by atoms with E-state index in [1.807, 2.05) is 30.1 Å². The first-order valence-electron chi connectivity index (χ1n) is 11.9. The Morgan fingerprint density at radius 2 is 2.03 bits per heavy atom. The second-order valence-corrected chi connectivity index (χ2v) is 9.78. The molecule has 1 spiro atoms. The molecule has 2 fully saturated rings. The van der Waals surface area contributed by atoms with Gasteiger partial charge in [0.1, 0.15) is 0 Å². The van der Waals surface area contributed by atoms with Crippen molar-refractivity contribution in [2.45, 2.75) is 64.9 Å². The first-order valence-corrected chi connectivity index (χ1v) is 12.7. The Hall–Kier alpha value is -0.950. The molecule has 1 aromatic heterocycles. The monoisotopic (exact) mass is 436 g/mol. The van der Waals surface area contributed by atoms with Crippen molar-refractivity contribution >= 4 is 17.2 Å². The average molecular weight is 437 g/mol. The number of amides is 1. The summed E-state index contributed by atoms with van der Waals surface area (Å²) in [6, 6.07) is 2.42. The first-order chi connectivity index (χ1) is 14.6. The molecule has 4 rings (SSSR count). The molecule has 30 heavy (non-hydrogen) atoms. The van der Waals surface area contributed by atoms with Crippen LogP contribution in [0.5, 0.6) is 0 Å². The van der Waals surface area contributed by atoms with Gasteiger partial charge < -0.3 is 19.3 Å². The summed E-state index contributed by atoms with van der Waals surface area (Å²) in [5.41, 5.74) is 1.47. The molecule has 2 saturated heterocycles. The van der Waals surface area contributed by atoms with Crippen LogP contribution in [0.2, 0.25) is 0 Å². The lowest BCUT2D eigenvalue weighted by atomic mass is 9.82. The third-order valence-corrected chi connectivity index (χ3v) is 7.98. The topological polar surface area (TPSA) is 42.0 Å². The van der Waals surface area contributed by atoms with Gasteiger partial charge in [0.05, 0.1) is 12.2 Å². The average Bonchev–Trinajstić information content (AvgIpc) is 3.18. The molecule has 5 nitrogen and oxygen atoms in total. The molecule has 3 aliphatic rings. The summed E-state index contributed by atoms with van der Waals surface area (Å²) in [7, 11) is 1.69. The van der Waals surface area contributed by atoms with Crippen LogP contribution in [-0.4, -0.2) is 68.8 Å². The first kappa shape index (κ1) is 23.7. The highest BCUT2D eigenvalue weighted by Crippen LogP contribution is 2.44. The van der Waals surface area contributed by atoms with Crippen molar-refractivity contribution in [3.8, 4) is 0 Å². The van der Waals surface area contributed by atoms with Crippen LogP contribution in [0, 0.1) is 5.92 Å². The van der Waals surface area contributed by atoms with E-state index in [-0.39, 0.29) is 5.60 Å². The number of hydrogen-bond donors (Lipinski definition) is 0. The number of carbonyl (C=O) groups is 1. The van der Waals surface area contributed by atoms with Gasteiger partial charge in [-0.15, -0.1) is 11.3 Å². The van der Waals surface area contributed by atoms with Gasteiger partial charge in [-0.1, -0.05) is 20.8 Å². The smallest absolute Gasteiger partial charge is 0.222 e. The van der Waals surface area contributed by atoms with Crippen molar-refractivity contribution in [2.24, 2.45) is 5.92 Å². The highest BCUT2D eigenvalue weighted by molar-refractivity contribution is 7.12. The molecular weight excluding hydrogens is 396 g/mol. The van der Waals surface area contributed by atoms with Crippen LogP contribution in [0.25, 0.3) is 0 Å². The molecule has 0 unspecified atom stereocenters. The summed E-state index contributed by atoms with van der Waals surface area (Å²) in [5, 5.41) is 0. The number of ether oxygens (including phenoxy) is 2. The van der Waals surface area contributed by atoms with Crippen LogP contribution >= 0.6 is 11.3 Å². The number of carbonyl (C=O) groups excluding carboxylic acids is 1. The summed E-state index contributed by atoms with van der Waals surface area (Å²) in [5.74, 6) is 0.925. The number of thiophene rings is 1. The van der Waals surface area contributed by atoms with Crippen LogP contribution in [0.15, 0.2) is 6.07 Å². The lowest BCUT2D eigenvalue weighted by molar-refractivity contribution is -0.139. The van der Waals surface area contributed by atoms with Gasteiger partial charge in [0, 0.05) is 75.0 Å². The van der Waals surface area contributed by atoms with Crippen molar-refractivity contribution in [2.75, 3.05) is 53.0 Å². The summed E-state index contributed by atoms with van der Waals surface area (Å²) in [4.78, 5) is 19.8. The minimum Gasteiger partial charge on any atom is -0.385 e. The molecule has 0 aromatic carbocycles. The largest absolute Gasteiger partial charge is 0.385 e. The molecule has 0 radical (unpaired) electrons. The Morgan fingerprint density at radius 1 is 1.30 bits per heavy atom. The van der Waals surface area contributed by atoms with E-state index in [4.69, 9.17) is 9.47 Å². The number of rotatable bonds is 7. The molecule has 170 valence electrons. The van der Waals surface area contributed by atoms with E-state index in [2.05, 4.69) is 17.9 Å². The van der Waals surface area contributed by atoms with Crippen molar-refractivity contribution in [1.82, 2.24) is 9.80 Å². The van der Waals surface area contributed by atoms with Gasteiger partial charge in [0.25, 0.3) is 0 Å². The number of fused-ring (bicyclic) bond motifs is 2. The van der Waals surface area contributed by atoms with Gasteiger partial charge in [0.15, 0.2) is 0 Å². The van der Waals surface area contributed by atoms with Gasteiger partial charge in [-0.2, -0.15) is 0 Å². The number of likely N-dealkylation sites (tertiary alicyclic amines) is 2. The standard InChI is InChI=1S/C22H34N2O3S.C2H6/c1-3-18-13-19-20(28-18)6-12-27-22(19)7-9-23(10-8-22)14-17-15-24(16-17)21(25)5-4-11-26-2;1-2/h13,17H,3-12,14-16H2,1-2H3;1-2H3. The maximum Gasteiger partial charge on any atom is 0.222 e. The fourth-order valence-electron chi connectivity index (χ4n) is 4.94. The summed E-state index contributed by atoms with van der Waals surface area (Å²) in [6.07, 6.45) is 5.87. The third-order valence-electron chi connectivity index (χ3n) is 6.64. The number of hydrogen-bond acceptors (Lipinski definition) is 5. The fraction of sp³-hybridized carbons (Fsp3) is 0.792. The minimum absolute atomic E-state index is 0.0308. The normalized spacial score (nSPS) is 21.0. The molecular formula is C24H40N2O3S. The van der Waals surface area contributed by atoms with Crippen LogP contribution in [0.3, 0.4) is 0 Å². The van der Waals surface area contributed by atoms with Crippen molar-refractivity contribution < 1.29 is 14.3 Å². The molecule has 3 aliphatic heterocycles. The Balaban J connectivity index is 0.00000124. The fourth-order valence-corrected chi connectivity index (χ4v) is 6.11. The number of piperidine rings is 1. The van der Waals surface area contributed by atoms with Gasteiger partial charge in [-0.25, -0.2) is 0 Å². The second-order valence-electron chi connectivity index (χ2n) is 8.56. The van der Waals surface area contributed by atoms with Crippen molar-refractivity contribution in [1.29, 1.82) is 0 Å². The summed E-state index contributed by atoms with van der Waals surface area (Å²) >= 11 is 2.00. The van der Waals surface area contributed by atoms with Crippen LogP contribution in [0.4, 0.5) is 0 Å². The van der Waals surface area contributed by atoms with Gasteiger partial charge in [-0.3, -0.25) is 4.79 Å². The van der Waals surface area contributed by atoms with E-state index in [0.717, 1.165) is 71.4 Å². The predicted octanol–water partition coefficient (Wildman–Crippen LogP) is 4.09. The zero-order valence-electron chi connectivity index (χ0n) is 19.4. The lowest BCUT2D eigenvalue weighted by Gasteiger charge is -2.47. The van der Waals surface area contributed by atoms with Gasteiger partial charge >= 0.3 is 0 Å². The predicted molar refractivity (Wildman–Crippen MR) is 123 cm³/mol. The van der Waals surface area contributed by atoms with E-state index < -0.39 is 0 Å². The highest BCUT2D eigenvalue weighted by atomic mass is 32.1. The zero-order chi connectivity index (χ0) is 21.6. The molecule has 4 heterocycles. The Morgan fingerprint density at radius 3 is 2.70 bits per heavy atom. The van der Waals surface area contributed by atoms with Crippen molar-refractivity contribution in [3.05, 3.63) is 21.4 Å². The van der Waals surface area contributed by atoms with Crippen molar-refractivity contribution in [3.63, 3.8) is 0 Å². The Bertz CT molecular complexity index is 676. The molecule has 0 saturated carbocycles. The molecule has 6 heteroatoms. The molecule has 1 amide bonds. The maximum atomic E-state index is 12.1. The molecule has 0 atom stereocenters. The molecule has 1 aromatic rings. The van der Waals surface area contributed by atoms with Gasteiger partial charge in [0.2, 0.25) is 5.91 Å². The summed E-state index contributed by atoms with van der Waals surface area (Å²) < 4.78 is 11.4. The van der Waals surface area contributed by atoms with E-state index in [0.29, 0.717) is 24.9 Å². The van der Waals surface area contributed by atoms with Crippen LogP contribution in [0.1, 0.15) is 61.8 Å². The van der Waals surface area contributed by atoms with Crippen LogP contribution in [-0.2, 0) is 32.7 Å². The lowest BCUT2D eigenvalue weighted by Crippen LogP contribution is -2.55. The maximum absolute atomic E-state index is 12.1. The molecule has 0 aliphatic carbocycles. The van der Waals surface area contributed by atoms with Gasteiger partial charge in [-0.05, 0) is 37.3 Å². The Labute approximate surface area is 186 Å². The quantitative estimate of drug-likeness (QED) is 0.604. The Kier molecular flexibility index (Phi) is 8.75. The second kappa shape index (κ2) is 11.1. The third kappa shape index (κ3) is 5.26. The highest BCUT2D eigenvalue weighted by Gasteiger charge is 2.42. The van der Waals surface area contributed by atoms with Crippen LogP contribution < -0.4 is 0 Å². The minimum atomic E-state index is -0.0308. The zero-order valence-corrected chi connectivity index (χ0v) is 20.2. The SMILES string of the molecule is CC.CCc1cc2c(s1)CCOC21CCN(CC2CN(C(=O)CCCOC)C2)CC1. The van der Waals surface area contributed by atoms with E-state index in [1.54, 1.807) is 12.0 Å². The number of methoxy groups -OCH3 is 1. The number of aryl methyl sites for hydroxylation is 1.